The van der Waals surface area contributed by atoms with Crippen molar-refractivity contribution in [2.75, 3.05) is 35.4 Å². The molecule has 1 aliphatic rings. The second-order valence-corrected chi connectivity index (χ2v) is 5.39. The van der Waals surface area contributed by atoms with Gasteiger partial charge in [-0.15, -0.1) is 0 Å². The first-order valence-electron chi connectivity index (χ1n) is 6.79. The summed E-state index contributed by atoms with van der Waals surface area (Å²) in [5.74, 6) is 0.0110. The van der Waals surface area contributed by atoms with Gasteiger partial charge in [0.2, 0.25) is 5.91 Å². The smallest absolute Gasteiger partial charge is 0.228 e. The molecule has 0 unspecified atom stereocenters. The summed E-state index contributed by atoms with van der Waals surface area (Å²) in [5.41, 5.74) is 11.4. The van der Waals surface area contributed by atoms with Gasteiger partial charge in [-0.25, -0.2) is 0 Å². The van der Waals surface area contributed by atoms with Crippen molar-refractivity contribution in [2.45, 2.75) is 6.42 Å². The van der Waals surface area contributed by atoms with E-state index in [0.717, 1.165) is 28.3 Å². The van der Waals surface area contributed by atoms with Crippen LogP contribution in [0.25, 0.3) is 0 Å². The number of nitrogen functional groups attached to an aromatic ring is 1. The van der Waals surface area contributed by atoms with E-state index in [1.165, 1.54) is 0 Å². The molecule has 0 spiro atoms. The molecule has 0 aromatic heterocycles. The molecule has 0 aliphatic carbocycles. The van der Waals surface area contributed by atoms with Crippen LogP contribution < -0.4 is 21.3 Å². The zero-order valence-corrected chi connectivity index (χ0v) is 12.1. The molecule has 5 heteroatoms. The topological polar surface area (TPSA) is 70.4 Å². The molecule has 1 aliphatic heterocycles. The van der Waals surface area contributed by atoms with Crippen LogP contribution in [0.2, 0.25) is 0 Å². The van der Waals surface area contributed by atoms with Crippen molar-refractivity contribution in [1.82, 2.24) is 0 Å². The first-order valence-corrected chi connectivity index (χ1v) is 6.79. The lowest BCUT2D eigenvalue weighted by Crippen LogP contribution is -2.08. The number of nitrogens with one attached hydrogen (secondary N) is 2. The Labute approximate surface area is 123 Å². The van der Waals surface area contributed by atoms with E-state index in [1.54, 1.807) is 0 Å². The SMILES string of the molecule is CN(C)c1ccc(Nc2cc3c(cc2N)CC(=O)N3)cc1. The van der Waals surface area contributed by atoms with Crippen LogP contribution in [-0.2, 0) is 11.2 Å². The summed E-state index contributed by atoms with van der Waals surface area (Å²) in [7, 11) is 4.01. The number of rotatable bonds is 3. The van der Waals surface area contributed by atoms with Crippen LogP contribution >= 0.6 is 0 Å². The van der Waals surface area contributed by atoms with Gasteiger partial charge in [0.15, 0.2) is 0 Å². The van der Waals surface area contributed by atoms with E-state index >= 15 is 0 Å². The lowest BCUT2D eigenvalue weighted by molar-refractivity contribution is -0.115. The minimum absolute atomic E-state index is 0.0110. The maximum Gasteiger partial charge on any atom is 0.228 e. The molecule has 5 nitrogen and oxygen atoms in total. The second-order valence-electron chi connectivity index (χ2n) is 5.39. The third kappa shape index (κ3) is 2.63. The van der Waals surface area contributed by atoms with Crippen molar-refractivity contribution >= 4 is 34.3 Å². The van der Waals surface area contributed by atoms with E-state index < -0.39 is 0 Å². The molecule has 0 saturated carbocycles. The van der Waals surface area contributed by atoms with Crippen LogP contribution in [0.1, 0.15) is 5.56 Å². The van der Waals surface area contributed by atoms with Crippen molar-refractivity contribution in [3.05, 3.63) is 42.0 Å². The van der Waals surface area contributed by atoms with Gasteiger partial charge in [0.25, 0.3) is 0 Å². The Kier molecular flexibility index (Phi) is 3.17. The third-order valence-electron chi connectivity index (χ3n) is 3.56. The Morgan fingerprint density at radius 1 is 1.19 bits per heavy atom. The molecule has 3 rings (SSSR count). The largest absolute Gasteiger partial charge is 0.397 e. The summed E-state index contributed by atoms with van der Waals surface area (Å²) < 4.78 is 0. The summed E-state index contributed by atoms with van der Waals surface area (Å²) in [6.45, 7) is 0. The van der Waals surface area contributed by atoms with Crippen LogP contribution in [0.4, 0.5) is 28.4 Å². The molecule has 2 aromatic carbocycles. The van der Waals surface area contributed by atoms with Gasteiger partial charge in [-0.05, 0) is 42.0 Å². The first-order chi connectivity index (χ1) is 10.0. The molecule has 0 fully saturated rings. The Morgan fingerprint density at radius 2 is 1.90 bits per heavy atom. The van der Waals surface area contributed by atoms with Gasteiger partial charge in [-0.1, -0.05) is 0 Å². The molecule has 1 heterocycles. The molecular weight excluding hydrogens is 264 g/mol. The van der Waals surface area contributed by atoms with Crippen LogP contribution in [0.15, 0.2) is 36.4 Å². The maximum absolute atomic E-state index is 11.4. The van der Waals surface area contributed by atoms with Crippen molar-refractivity contribution in [3.8, 4) is 0 Å². The van der Waals surface area contributed by atoms with Crippen molar-refractivity contribution < 1.29 is 4.79 Å². The molecule has 0 bridgehead atoms. The standard InChI is InChI=1S/C16H18N4O/c1-20(2)12-5-3-11(4-6-12)18-15-9-14-10(7-13(15)17)8-16(21)19-14/h3-7,9,18H,8,17H2,1-2H3,(H,19,21). The van der Waals surface area contributed by atoms with Crippen LogP contribution in [-0.4, -0.2) is 20.0 Å². The fraction of sp³-hybridized carbons (Fsp3) is 0.188. The molecule has 0 saturated heterocycles. The Balaban J connectivity index is 1.85. The molecule has 2 aromatic rings. The van der Waals surface area contributed by atoms with E-state index in [4.69, 9.17) is 5.73 Å². The number of nitrogens with two attached hydrogens (primary N) is 1. The fourth-order valence-electron chi connectivity index (χ4n) is 2.40. The van der Waals surface area contributed by atoms with E-state index in [0.29, 0.717) is 12.1 Å². The summed E-state index contributed by atoms with van der Waals surface area (Å²) in [5, 5.41) is 6.12. The number of benzene rings is 2. The summed E-state index contributed by atoms with van der Waals surface area (Å²) in [4.78, 5) is 13.4. The minimum Gasteiger partial charge on any atom is -0.397 e. The van der Waals surface area contributed by atoms with Gasteiger partial charge in [0, 0.05) is 31.2 Å². The van der Waals surface area contributed by atoms with E-state index in [1.807, 2.05) is 55.4 Å². The molecule has 4 N–H and O–H groups in total. The van der Waals surface area contributed by atoms with Gasteiger partial charge in [0.05, 0.1) is 17.8 Å². The van der Waals surface area contributed by atoms with Gasteiger partial charge in [-0.3, -0.25) is 4.79 Å². The Hall–Kier alpha value is -2.69. The average Bonchev–Trinajstić information content (AvgIpc) is 2.79. The predicted octanol–water partition coefficient (Wildman–Crippen LogP) is 2.57. The van der Waals surface area contributed by atoms with E-state index in [-0.39, 0.29) is 5.91 Å². The molecular formula is C16H18N4O. The highest BCUT2D eigenvalue weighted by molar-refractivity contribution is 6.01. The first kappa shape index (κ1) is 13.3. The number of carbonyl (C=O) groups excluding carboxylic acids is 1. The Morgan fingerprint density at radius 3 is 2.57 bits per heavy atom. The van der Waals surface area contributed by atoms with Crippen molar-refractivity contribution in [2.24, 2.45) is 0 Å². The molecule has 1 amide bonds. The predicted molar refractivity (Wildman–Crippen MR) is 87.2 cm³/mol. The Bertz CT molecular complexity index is 692. The lowest BCUT2D eigenvalue weighted by Gasteiger charge is -2.15. The lowest BCUT2D eigenvalue weighted by atomic mass is 10.1. The number of carbonyl (C=O) groups is 1. The highest BCUT2D eigenvalue weighted by atomic mass is 16.1. The quantitative estimate of drug-likeness (QED) is 0.757. The number of anilines is 5. The van der Waals surface area contributed by atoms with E-state index in [2.05, 4.69) is 10.6 Å². The number of fused-ring (bicyclic) bond motifs is 1. The summed E-state index contributed by atoms with van der Waals surface area (Å²) in [6.07, 6.45) is 0.400. The third-order valence-corrected chi connectivity index (χ3v) is 3.56. The van der Waals surface area contributed by atoms with Gasteiger partial charge in [0.1, 0.15) is 0 Å². The number of hydrogen-bond donors (Lipinski definition) is 3. The van der Waals surface area contributed by atoms with Gasteiger partial charge < -0.3 is 21.3 Å². The fourth-order valence-corrected chi connectivity index (χ4v) is 2.40. The zero-order valence-electron chi connectivity index (χ0n) is 12.1. The number of hydrogen-bond acceptors (Lipinski definition) is 4. The van der Waals surface area contributed by atoms with E-state index in [9.17, 15) is 4.79 Å². The normalized spacial score (nSPS) is 12.8. The summed E-state index contributed by atoms with van der Waals surface area (Å²) in [6, 6.07) is 11.8. The zero-order chi connectivity index (χ0) is 15.0. The average molecular weight is 282 g/mol. The van der Waals surface area contributed by atoms with Gasteiger partial charge >= 0.3 is 0 Å². The summed E-state index contributed by atoms with van der Waals surface area (Å²) >= 11 is 0. The molecule has 108 valence electrons. The monoisotopic (exact) mass is 282 g/mol. The molecule has 0 atom stereocenters. The number of amides is 1. The van der Waals surface area contributed by atoms with Crippen molar-refractivity contribution in [1.29, 1.82) is 0 Å². The number of nitrogens with zero attached hydrogens (tertiary/aromatic N) is 1. The van der Waals surface area contributed by atoms with Crippen LogP contribution in [0.5, 0.6) is 0 Å². The van der Waals surface area contributed by atoms with Crippen molar-refractivity contribution in [3.63, 3.8) is 0 Å². The van der Waals surface area contributed by atoms with Gasteiger partial charge in [-0.2, -0.15) is 0 Å². The van der Waals surface area contributed by atoms with Crippen LogP contribution in [0.3, 0.4) is 0 Å². The highest BCUT2D eigenvalue weighted by Crippen LogP contribution is 2.33. The minimum atomic E-state index is 0.0110. The van der Waals surface area contributed by atoms with Crippen LogP contribution in [0, 0.1) is 0 Å². The second kappa shape index (κ2) is 5.01. The molecule has 21 heavy (non-hydrogen) atoms. The highest BCUT2D eigenvalue weighted by Gasteiger charge is 2.19. The maximum atomic E-state index is 11.4. The molecule has 0 radical (unpaired) electrons.